The van der Waals surface area contributed by atoms with Crippen LogP contribution in [0.2, 0.25) is 0 Å². The number of hydrogen-bond donors (Lipinski definition) is 2. The van der Waals surface area contributed by atoms with E-state index in [1.807, 2.05) is 42.5 Å². The molecule has 0 aliphatic rings. The van der Waals surface area contributed by atoms with E-state index >= 15 is 0 Å². The fourth-order valence-electron chi connectivity index (χ4n) is 3.18. The third-order valence-corrected chi connectivity index (χ3v) is 5.91. The van der Waals surface area contributed by atoms with E-state index in [0.717, 1.165) is 17.7 Å². The van der Waals surface area contributed by atoms with Gasteiger partial charge in [-0.1, -0.05) is 67.6 Å². The summed E-state index contributed by atoms with van der Waals surface area (Å²) in [7, 11) is 0. The Labute approximate surface area is 187 Å². The number of benzene rings is 2. The molecule has 0 aliphatic heterocycles. The monoisotopic (exact) mass is 438 g/mol. The van der Waals surface area contributed by atoms with Crippen LogP contribution in [0, 0.1) is 0 Å². The van der Waals surface area contributed by atoms with E-state index in [9.17, 15) is 4.79 Å². The lowest BCUT2D eigenvalue weighted by Gasteiger charge is -2.20. The molecule has 2 aromatic carbocycles. The molecule has 3 aromatic rings. The second-order valence-electron chi connectivity index (χ2n) is 6.81. The molecule has 1 unspecified atom stereocenters. The van der Waals surface area contributed by atoms with Gasteiger partial charge >= 0.3 is 5.97 Å². The molecule has 0 spiro atoms. The molecule has 0 amide bonds. The van der Waals surface area contributed by atoms with E-state index in [4.69, 9.17) is 17.0 Å². The Morgan fingerprint density at radius 1 is 1.07 bits per heavy atom. The largest absolute Gasteiger partial charge is 0.462 e. The van der Waals surface area contributed by atoms with Crippen molar-refractivity contribution in [3.05, 3.63) is 88.3 Å². The second-order valence-corrected chi connectivity index (χ2v) is 8.35. The van der Waals surface area contributed by atoms with E-state index in [-0.39, 0.29) is 12.0 Å². The highest BCUT2D eigenvalue weighted by Gasteiger charge is 2.19. The van der Waals surface area contributed by atoms with E-state index < -0.39 is 0 Å². The predicted octanol–water partition coefficient (Wildman–Crippen LogP) is 5.95. The molecule has 2 N–H and O–H groups in total. The van der Waals surface area contributed by atoms with Crippen LogP contribution in [0.1, 0.15) is 52.7 Å². The molecule has 6 heteroatoms. The van der Waals surface area contributed by atoms with Gasteiger partial charge in [-0.25, -0.2) is 4.79 Å². The van der Waals surface area contributed by atoms with Gasteiger partial charge in [0.2, 0.25) is 0 Å². The smallest absolute Gasteiger partial charge is 0.341 e. The van der Waals surface area contributed by atoms with Gasteiger partial charge in [-0.15, -0.1) is 11.3 Å². The molecule has 0 radical (unpaired) electrons. The lowest BCUT2D eigenvalue weighted by molar-refractivity contribution is 0.0528. The minimum Gasteiger partial charge on any atom is -0.462 e. The molecule has 0 bridgehead atoms. The van der Waals surface area contributed by atoms with Gasteiger partial charge < -0.3 is 15.4 Å². The van der Waals surface area contributed by atoms with Crippen LogP contribution in [0.25, 0.3) is 0 Å². The highest BCUT2D eigenvalue weighted by molar-refractivity contribution is 7.80. The van der Waals surface area contributed by atoms with Crippen molar-refractivity contribution >= 4 is 39.6 Å². The van der Waals surface area contributed by atoms with Gasteiger partial charge in [0.25, 0.3) is 0 Å². The van der Waals surface area contributed by atoms with Crippen LogP contribution in [-0.2, 0) is 11.2 Å². The standard InChI is InChI=1S/C24H26N2O2S2/c1-3-21(18-13-9-6-10-14-18)25-24(29)26-22-20(23(27)28-4-2)16-19(30-22)15-17-11-7-5-8-12-17/h5-14,16,21H,3-4,15H2,1-2H3,(H2,25,26,29). The van der Waals surface area contributed by atoms with Crippen molar-refractivity contribution in [3.8, 4) is 0 Å². The summed E-state index contributed by atoms with van der Waals surface area (Å²) < 4.78 is 5.25. The Morgan fingerprint density at radius 2 is 1.73 bits per heavy atom. The first-order valence-corrected chi connectivity index (χ1v) is 11.3. The number of carbonyl (C=O) groups is 1. The van der Waals surface area contributed by atoms with Crippen LogP contribution in [0.5, 0.6) is 0 Å². The summed E-state index contributed by atoms with van der Waals surface area (Å²) in [5.74, 6) is -0.339. The Balaban J connectivity index is 1.77. The molecule has 1 atom stereocenters. The topological polar surface area (TPSA) is 50.4 Å². The molecule has 0 aliphatic carbocycles. The summed E-state index contributed by atoms with van der Waals surface area (Å²) in [5, 5.41) is 7.79. The maximum absolute atomic E-state index is 12.5. The highest BCUT2D eigenvalue weighted by Crippen LogP contribution is 2.31. The van der Waals surface area contributed by atoms with Crippen LogP contribution in [0.3, 0.4) is 0 Å². The first-order chi connectivity index (χ1) is 14.6. The van der Waals surface area contributed by atoms with Gasteiger partial charge in [0.15, 0.2) is 5.11 Å². The predicted molar refractivity (Wildman–Crippen MR) is 128 cm³/mol. The molecule has 1 heterocycles. The number of nitrogens with one attached hydrogen (secondary N) is 2. The van der Waals surface area contributed by atoms with Crippen molar-refractivity contribution in [1.29, 1.82) is 0 Å². The van der Waals surface area contributed by atoms with E-state index in [2.05, 4.69) is 41.8 Å². The van der Waals surface area contributed by atoms with Crippen molar-refractivity contribution in [1.82, 2.24) is 5.32 Å². The normalized spacial score (nSPS) is 11.5. The summed E-state index contributed by atoms with van der Waals surface area (Å²) in [6, 6.07) is 22.4. The summed E-state index contributed by atoms with van der Waals surface area (Å²) in [4.78, 5) is 13.6. The van der Waals surface area contributed by atoms with Gasteiger partial charge in [-0.3, -0.25) is 0 Å². The van der Waals surface area contributed by atoms with E-state index in [1.54, 1.807) is 6.92 Å². The Bertz CT molecular complexity index is 971. The quantitative estimate of drug-likeness (QED) is 0.336. The molecule has 0 saturated heterocycles. The summed E-state index contributed by atoms with van der Waals surface area (Å²) >= 11 is 7.09. The molecular formula is C24H26N2O2S2. The van der Waals surface area contributed by atoms with E-state index in [1.165, 1.54) is 22.5 Å². The molecule has 0 saturated carbocycles. The lowest BCUT2D eigenvalue weighted by Crippen LogP contribution is -2.32. The number of carbonyl (C=O) groups excluding carboxylic acids is 1. The number of thiocarbonyl (C=S) groups is 1. The van der Waals surface area contributed by atoms with Crippen LogP contribution >= 0.6 is 23.6 Å². The zero-order valence-corrected chi connectivity index (χ0v) is 18.8. The minimum atomic E-state index is -0.339. The fourth-order valence-corrected chi connectivity index (χ4v) is 4.58. The number of ether oxygens (including phenoxy) is 1. The molecule has 30 heavy (non-hydrogen) atoms. The molecule has 156 valence electrons. The zero-order chi connectivity index (χ0) is 21.3. The average molecular weight is 439 g/mol. The number of esters is 1. The van der Waals surface area contributed by atoms with Gasteiger partial charge in [-0.2, -0.15) is 0 Å². The van der Waals surface area contributed by atoms with Crippen molar-refractivity contribution in [3.63, 3.8) is 0 Å². The van der Waals surface area contributed by atoms with Crippen LogP contribution in [0.4, 0.5) is 5.00 Å². The number of rotatable bonds is 8. The maximum Gasteiger partial charge on any atom is 0.341 e. The van der Waals surface area contributed by atoms with Crippen molar-refractivity contribution in [2.75, 3.05) is 11.9 Å². The summed E-state index contributed by atoms with van der Waals surface area (Å²) in [5.41, 5.74) is 2.88. The molecule has 0 fully saturated rings. The molecule has 4 nitrogen and oxygen atoms in total. The zero-order valence-electron chi connectivity index (χ0n) is 17.2. The van der Waals surface area contributed by atoms with Crippen molar-refractivity contribution in [2.45, 2.75) is 32.7 Å². The minimum absolute atomic E-state index is 0.0981. The summed E-state index contributed by atoms with van der Waals surface area (Å²) in [6.07, 6.45) is 1.64. The Hall–Kier alpha value is -2.70. The Kier molecular flexibility index (Phi) is 7.99. The molecule has 1 aromatic heterocycles. The SMILES string of the molecule is CCOC(=O)c1cc(Cc2ccccc2)sc1NC(=S)NC(CC)c1ccccc1. The number of hydrogen-bond acceptors (Lipinski definition) is 4. The Morgan fingerprint density at radius 3 is 2.37 bits per heavy atom. The van der Waals surface area contributed by atoms with Crippen molar-refractivity contribution < 1.29 is 9.53 Å². The van der Waals surface area contributed by atoms with Gasteiger partial charge in [0.05, 0.1) is 18.2 Å². The van der Waals surface area contributed by atoms with E-state index in [0.29, 0.717) is 22.3 Å². The molecular weight excluding hydrogens is 412 g/mol. The van der Waals surface area contributed by atoms with Crippen molar-refractivity contribution in [2.24, 2.45) is 0 Å². The third-order valence-electron chi connectivity index (χ3n) is 4.64. The number of anilines is 1. The van der Waals surface area contributed by atoms with Crippen LogP contribution in [-0.4, -0.2) is 17.7 Å². The first kappa shape index (κ1) is 22.0. The van der Waals surface area contributed by atoms with Gasteiger partial charge in [-0.05, 0) is 42.8 Å². The van der Waals surface area contributed by atoms with Gasteiger partial charge in [0, 0.05) is 11.3 Å². The number of thiophene rings is 1. The van der Waals surface area contributed by atoms with Crippen LogP contribution in [0.15, 0.2) is 66.7 Å². The lowest BCUT2D eigenvalue weighted by atomic mass is 10.1. The first-order valence-electron chi connectivity index (χ1n) is 10.1. The highest BCUT2D eigenvalue weighted by atomic mass is 32.1. The second kappa shape index (κ2) is 10.9. The molecule has 3 rings (SSSR count). The maximum atomic E-state index is 12.5. The fraction of sp³-hybridized carbons (Fsp3) is 0.250. The summed E-state index contributed by atoms with van der Waals surface area (Å²) in [6.45, 7) is 4.25. The third kappa shape index (κ3) is 5.90. The van der Waals surface area contributed by atoms with Gasteiger partial charge in [0.1, 0.15) is 5.00 Å². The van der Waals surface area contributed by atoms with Crippen LogP contribution < -0.4 is 10.6 Å². The average Bonchev–Trinajstić information content (AvgIpc) is 3.15.